The Morgan fingerprint density at radius 2 is 2.11 bits per heavy atom. The van der Waals surface area contributed by atoms with Crippen LogP contribution in [0.15, 0.2) is 18.3 Å². The molecule has 1 aliphatic heterocycles. The maximum Gasteiger partial charge on any atom is 0.153 e. The molecular weight excluding hydrogens is 226 g/mol. The van der Waals surface area contributed by atoms with Crippen molar-refractivity contribution in [3.63, 3.8) is 0 Å². The van der Waals surface area contributed by atoms with Gasteiger partial charge < -0.3 is 10.6 Å². The lowest BCUT2D eigenvalue weighted by molar-refractivity contribution is 0.252. The van der Waals surface area contributed by atoms with Gasteiger partial charge in [-0.1, -0.05) is 0 Å². The fraction of sp³-hybridized carbons (Fsp3) is 0.538. The maximum atomic E-state index is 5.60. The fourth-order valence-electron chi connectivity index (χ4n) is 2.57. The minimum atomic E-state index is 0.465. The number of nitrogens with two attached hydrogens (primary N) is 1. The van der Waals surface area contributed by atoms with E-state index in [0.29, 0.717) is 12.5 Å². The van der Waals surface area contributed by atoms with Gasteiger partial charge in [0.15, 0.2) is 5.65 Å². The molecule has 5 nitrogen and oxygen atoms in total. The highest BCUT2D eigenvalue weighted by Crippen LogP contribution is 2.25. The van der Waals surface area contributed by atoms with Crippen molar-refractivity contribution in [2.45, 2.75) is 25.3 Å². The average Bonchev–Trinajstić information content (AvgIpc) is 2.81. The van der Waals surface area contributed by atoms with Gasteiger partial charge in [0.1, 0.15) is 0 Å². The summed E-state index contributed by atoms with van der Waals surface area (Å²) < 4.78 is 1.86. The number of rotatable bonds is 2. The van der Waals surface area contributed by atoms with Gasteiger partial charge >= 0.3 is 0 Å². The number of fused-ring (bicyclic) bond motifs is 1. The molecule has 0 aromatic carbocycles. The third kappa shape index (κ3) is 2.11. The van der Waals surface area contributed by atoms with Crippen molar-refractivity contribution in [3.05, 3.63) is 29.7 Å². The summed E-state index contributed by atoms with van der Waals surface area (Å²) in [4.78, 5) is 6.77. The zero-order valence-corrected chi connectivity index (χ0v) is 10.7. The minimum absolute atomic E-state index is 0.465. The standard InChI is InChI=1S/C13H19N5/c1-17-6-4-10(5-7-17)12-2-3-13-15-11(8-14)9-18(13)16-12/h2-3,9-10H,4-8,14H2,1H3. The molecule has 0 bridgehead atoms. The molecule has 1 saturated heterocycles. The zero-order valence-electron chi connectivity index (χ0n) is 10.7. The maximum absolute atomic E-state index is 5.60. The van der Waals surface area contributed by atoms with E-state index in [-0.39, 0.29) is 0 Å². The number of hydrogen-bond donors (Lipinski definition) is 1. The van der Waals surface area contributed by atoms with Gasteiger partial charge in [-0.3, -0.25) is 0 Å². The van der Waals surface area contributed by atoms with E-state index in [2.05, 4.69) is 28.1 Å². The van der Waals surface area contributed by atoms with Gasteiger partial charge in [0.25, 0.3) is 0 Å². The van der Waals surface area contributed by atoms with Gasteiger partial charge in [-0.05, 0) is 45.1 Å². The molecule has 0 radical (unpaired) electrons. The number of piperidine rings is 1. The van der Waals surface area contributed by atoms with Gasteiger partial charge in [-0.2, -0.15) is 5.10 Å². The van der Waals surface area contributed by atoms with E-state index < -0.39 is 0 Å². The van der Waals surface area contributed by atoms with E-state index in [1.807, 2.05) is 16.8 Å². The first-order chi connectivity index (χ1) is 8.76. The van der Waals surface area contributed by atoms with Crippen LogP contribution >= 0.6 is 0 Å². The fourth-order valence-corrected chi connectivity index (χ4v) is 2.57. The van der Waals surface area contributed by atoms with E-state index in [0.717, 1.165) is 24.4 Å². The number of likely N-dealkylation sites (tertiary alicyclic amines) is 1. The molecule has 96 valence electrons. The molecule has 1 fully saturated rings. The molecule has 0 saturated carbocycles. The lowest BCUT2D eigenvalue weighted by Crippen LogP contribution is -2.29. The molecule has 0 unspecified atom stereocenters. The molecule has 18 heavy (non-hydrogen) atoms. The summed E-state index contributed by atoms with van der Waals surface area (Å²) in [6.45, 7) is 2.78. The molecule has 0 spiro atoms. The summed E-state index contributed by atoms with van der Waals surface area (Å²) in [5, 5.41) is 4.67. The Balaban J connectivity index is 1.88. The second-order valence-corrected chi connectivity index (χ2v) is 5.07. The Morgan fingerprint density at radius 1 is 1.33 bits per heavy atom. The molecule has 3 heterocycles. The van der Waals surface area contributed by atoms with Crippen molar-refractivity contribution in [1.82, 2.24) is 19.5 Å². The summed E-state index contributed by atoms with van der Waals surface area (Å²) in [7, 11) is 2.18. The van der Waals surface area contributed by atoms with E-state index in [1.165, 1.54) is 18.5 Å². The van der Waals surface area contributed by atoms with Crippen molar-refractivity contribution in [1.29, 1.82) is 0 Å². The Kier molecular flexibility index (Phi) is 3.01. The van der Waals surface area contributed by atoms with Crippen LogP contribution in [0.25, 0.3) is 5.65 Å². The van der Waals surface area contributed by atoms with Crippen molar-refractivity contribution < 1.29 is 0 Å². The summed E-state index contributed by atoms with van der Waals surface area (Å²) in [5.74, 6) is 0.578. The van der Waals surface area contributed by atoms with Gasteiger partial charge in [0, 0.05) is 12.5 Å². The Morgan fingerprint density at radius 3 is 2.83 bits per heavy atom. The third-order valence-electron chi connectivity index (χ3n) is 3.74. The van der Waals surface area contributed by atoms with Crippen molar-refractivity contribution in [3.8, 4) is 0 Å². The Hall–Kier alpha value is -1.46. The topological polar surface area (TPSA) is 59.5 Å². The van der Waals surface area contributed by atoms with E-state index in [9.17, 15) is 0 Å². The lowest BCUT2D eigenvalue weighted by atomic mass is 9.94. The summed E-state index contributed by atoms with van der Waals surface area (Å²) in [6.07, 6.45) is 4.30. The molecule has 2 aromatic rings. The van der Waals surface area contributed by atoms with Crippen molar-refractivity contribution in [2.24, 2.45) is 5.73 Å². The molecule has 2 N–H and O–H groups in total. The van der Waals surface area contributed by atoms with E-state index in [4.69, 9.17) is 5.73 Å². The van der Waals surface area contributed by atoms with Crippen LogP contribution in [0.3, 0.4) is 0 Å². The Bertz CT molecular complexity index is 539. The predicted molar refractivity (Wildman–Crippen MR) is 70.4 cm³/mol. The molecule has 0 aliphatic carbocycles. The smallest absolute Gasteiger partial charge is 0.153 e. The molecule has 1 aliphatic rings. The van der Waals surface area contributed by atoms with Crippen LogP contribution in [0.5, 0.6) is 0 Å². The van der Waals surface area contributed by atoms with Gasteiger partial charge in [0.05, 0.1) is 17.6 Å². The van der Waals surface area contributed by atoms with E-state index in [1.54, 1.807) is 0 Å². The first kappa shape index (κ1) is 11.6. The largest absolute Gasteiger partial charge is 0.325 e. The molecule has 2 aromatic heterocycles. The van der Waals surface area contributed by atoms with E-state index >= 15 is 0 Å². The highest BCUT2D eigenvalue weighted by Gasteiger charge is 2.20. The first-order valence-corrected chi connectivity index (χ1v) is 6.50. The van der Waals surface area contributed by atoms with Gasteiger partial charge in [0.2, 0.25) is 0 Å². The van der Waals surface area contributed by atoms with Gasteiger partial charge in [-0.15, -0.1) is 0 Å². The quantitative estimate of drug-likeness (QED) is 0.857. The highest BCUT2D eigenvalue weighted by atomic mass is 15.3. The van der Waals surface area contributed by atoms with Crippen LogP contribution in [0, 0.1) is 0 Å². The van der Waals surface area contributed by atoms with Crippen molar-refractivity contribution >= 4 is 5.65 Å². The zero-order chi connectivity index (χ0) is 12.5. The molecular formula is C13H19N5. The monoisotopic (exact) mass is 245 g/mol. The lowest BCUT2D eigenvalue weighted by Gasteiger charge is -2.28. The van der Waals surface area contributed by atoms with Crippen LogP contribution in [0.2, 0.25) is 0 Å². The second-order valence-electron chi connectivity index (χ2n) is 5.07. The summed E-state index contributed by atoms with van der Waals surface area (Å²) in [6, 6.07) is 4.15. The number of aromatic nitrogens is 3. The Labute approximate surface area is 107 Å². The van der Waals surface area contributed by atoms with Crippen LogP contribution in [-0.4, -0.2) is 39.6 Å². The molecule has 3 rings (SSSR count). The SMILES string of the molecule is CN1CCC(c2ccc3nc(CN)cn3n2)CC1. The van der Waals surface area contributed by atoms with Crippen molar-refractivity contribution in [2.75, 3.05) is 20.1 Å². The van der Waals surface area contributed by atoms with Crippen LogP contribution < -0.4 is 5.73 Å². The highest BCUT2D eigenvalue weighted by molar-refractivity contribution is 5.39. The second kappa shape index (κ2) is 4.66. The third-order valence-corrected chi connectivity index (χ3v) is 3.74. The molecule has 0 atom stereocenters. The first-order valence-electron chi connectivity index (χ1n) is 6.50. The average molecular weight is 245 g/mol. The number of imidazole rings is 1. The predicted octanol–water partition coefficient (Wildman–Crippen LogP) is 0.997. The van der Waals surface area contributed by atoms with Crippen LogP contribution in [0.4, 0.5) is 0 Å². The summed E-state index contributed by atoms with van der Waals surface area (Å²) >= 11 is 0. The summed E-state index contributed by atoms with van der Waals surface area (Å²) in [5.41, 5.74) is 8.55. The minimum Gasteiger partial charge on any atom is -0.325 e. The number of hydrogen-bond acceptors (Lipinski definition) is 4. The normalized spacial score (nSPS) is 18.6. The van der Waals surface area contributed by atoms with Crippen LogP contribution in [-0.2, 0) is 6.54 Å². The van der Waals surface area contributed by atoms with Gasteiger partial charge in [-0.25, -0.2) is 9.50 Å². The molecule has 0 amide bonds. The number of nitrogens with zero attached hydrogens (tertiary/aromatic N) is 4. The van der Waals surface area contributed by atoms with Crippen LogP contribution in [0.1, 0.15) is 30.1 Å². The molecule has 5 heteroatoms.